The van der Waals surface area contributed by atoms with Crippen LogP contribution < -0.4 is 0 Å². The predicted octanol–water partition coefficient (Wildman–Crippen LogP) is 3.10. The molecule has 0 aromatic heterocycles. The Balaban J connectivity index is 2.17. The zero-order valence-electron chi connectivity index (χ0n) is 7.88. The molecule has 0 saturated heterocycles. The van der Waals surface area contributed by atoms with Gasteiger partial charge in [-0.15, -0.1) is 0 Å². The molecule has 0 amide bonds. The molecule has 1 aliphatic carbocycles. The second-order valence-corrected chi connectivity index (χ2v) is 3.75. The Labute approximate surface area is 74.9 Å². The van der Waals surface area contributed by atoms with E-state index in [2.05, 4.69) is 0 Å². The predicted molar refractivity (Wildman–Crippen MR) is 51.0 cm³/mol. The molecule has 0 spiro atoms. The summed E-state index contributed by atoms with van der Waals surface area (Å²) in [6.07, 6.45) is 11.8. The van der Waals surface area contributed by atoms with Crippen LogP contribution in [0.1, 0.15) is 45.4 Å². The molecule has 1 heteroatoms. The fourth-order valence-corrected chi connectivity index (χ4v) is 1.85. The van der Waals surface area contributed by atoms with Gasteiger partial charge in [-0.25, -0.2) is 0 Å². The van der Waals surface area contributed by atoms with Gasteiger partial charge >= 0.3 is 0 Å². The van der Waals surface area contributed by atoms with Crippen molar-refractivity contribution in [2.24, 2.45) is 5.92 Å². The molecule has 0 unspecified atom stereocenters. The molecule has 0 N–H and O–H groups in total. The van der Waals surface area contributed by atoms with Crippen molar-refractivity contribution in [3.8, 4) is 0 Å². The van der Waals surface area contributed by atoms with Gasteiger partial charge in [-0.1, -0.05) is 38.2 Å². The summed E-state index contributed by atoms with van der Waals surface area (Å²) in [5.74, 6) is 1.03. The van der Waals surface area contributed by atoms with Crippen molar-refractivity contribution in [2.75, 3.05) is 0 Å². The largest absolute Gasteiger partial charge is 0.295 e. The van der Waals surface area contributed by atoms with Crippen LogP contribution in [0.5, 0.6) is 0 Å². The first kappa shape index (κ1) is 9.50. The summed E-state index contributed by atoms with van der Waals surface area (Å²) in [5, 5.41) is 0. The minimum absolute atomic E-state index is 0.172. The third-order valence-corrected chi connectivity index (χ3v) is 2.55. The topological polar surface area (TPSA) is 17.1 Å². The molecule has 0 aromatic carbocycles. The SMILES string of the molecule is CC(=O)/C=C/CC1CCCCC1. The molecule has 0 atom stereocenters. The number of rotatable bonds is 3. The van der Waals surface area contributed by atoms with Crippen molar-refractivity contribution in [2.45, 2.75) is 45.4 Å². The minimum atomic E-state index is 0.172. The van der Waals surface area contributed by atoms with E-state index in [0.29, 0.717) is 0 Å². The van der Waals surface area contributed by atoms with Crippen molar-refractivity contribution in [1.29, 1.82) is 0 Å². The van der Waals surface area contributed by atoms with E-state index >= 15 is 0 Å². The first-order valence-electron chi connectivity index (χ1n) is 4.96. The van der Waals surface area contributed by atoms with E-state index in [-0.39, 0.29) is 5.78 Å². The highest BCUT2D eigenvalue weighted by molar-refractivity contribution is 5.87. The van der Waals surface area contributed by atoms with Crippen LogP contribution in [-0.2, 0) is 4.79 Å². The minimum Gasteiger partial charge on any atom is -0.295 e. The third kappa shape index (κ3) is 3.70. The van der Waals surface area contributed by atoms with Crippen LogP contribution in [0, 0.1) is 5.92 Å². The molecule has 1 fully saturated rings. The van der Waals surface area contributed by atoms with Crippen LogP contribution >= 0.6 is 0 Å². The molecule has 0 radical (unpaired) electrons. The molecular formula is C11H18O. The summed E-state index contributed by atoms with van der Waals surface area (Å²) >= 11 is 0. The van der Waals surface area contributed by atoms with Gasteiger partial charge in [-0.2, -0.15) is 0 Å². The summed E-state index contributed by atoms with van der Waals surface area (Å²) in [5.41, 5.74) is 0. The lowest BCUT2D eigenvalue weighted by molar-refractivity contribution is -0.112. The summed E-state index contributed by atoms with van der Waals surface area (Å²) in [7, 11) is 0. The zero-order chi connectivity index (χ0) is 8.81. The summed E-state index contributed by atoms with van der Waals surface area (Å²) in [6.45, 7) is 1.61. The van der Waals surface area contributed by atoms with Gasteiger partial charge in [0.15, 0.2) is 5.78 Å². The maximum absolute atomic E-state index is 10.6. The average molecular weight is 166 g/mol. The van der Waals surface area contributed by atoms with Gasteiger partial charge in [0.2, 0.25) is 0 Å². The van der Waals surface area contributed by atoms with Gasteiger partial charge in [0.1, 0.15) is 0 Å². The second kappa shape index (κ2) is 5.13. The van der Waals surface area contributed by atoms with Gasteiger partial charge in [-0.05, 0) is 25.3 Å². The smallest absolute Gasteiger partial charge is 0.152 e. The molecule has 0 heterocycles. The molecular weight excluding hydrogens is 148 g/mol. The lowest BCUT2D eigenvalue weighted by Gasteiger charge is -2.19. The fraction of sp³-hybridized carbons (Fsp3) is 0.727. The maximum Gasteiger partial charge on any atom is 0.152 e. The van der Waals surface area contributed by atoms with Gasteiger partial charge in [0, 0.05) is 0 Å². The van der Waals surface area contributed by atoms with E-state index in [0.717, 1.165) is 12.3 Å². The Morgan fingerprint density at radius 2 is 2.00 bits per heavy atom. The second-order valence-electron chi connectivity index (χ2n) is 3.75. The number of carbonyl (C=O) groups is 1. The van der Waals surface area contributed by atoms with Crippen LogP contribution in [0.4, 0.5) is 0 Å². The highest BCUT2D eigenvalue weighted by atomic mass is 16.1. The Morgan fingerprint density at radius 1 is 1.33 bits per heavy atom. The standard InChI is InChI=1S/C11H18O/c1-10(12)6-5-9-11-7-3-2-4-8-11/h5-6,11H,2-4,7-9H2,1H3/b6-5+. The zero-order valence-corrected chi connectivity index (χ0v) is 7.88. The number of allylic oxidation sites excluding steroid dienone is 2. The van der Waals surface area contributed by atoms with E-state index in [9.17, 15) is 4.79 Å². The van der Waals surface area contributed by atoms with Crippen LogP contribution in [-0.4, -0.2) is 5.78 Å². The molecule has 68 valence electrons. The van der Waals surface area contributed by atoms with Crippen LogP contribution in [0.3, 0.4) is 0 Å². The molecule has 1 rings (SSSR count). The van der Waals surface area contributed by atoms with Gasteiger partial charge in [0.25, 0.3) is 0 Å². The van der Waals surface area contributed by atoms with Crippen molar-refractivity contribution in [3.63, 3.8) is 0 Å². The Bertz CT molecular complexity index is 164. The normalized spacial score (nSPS) is 20.1. The summed E-state index contributed by atoms with van der Waals surface area (Å²) in [6, 6.07) is 0. The van der Waals surface area contributed by atoms with Gasteiger partial charge in [-0.3, -0.25) is 4.79 Å². The summed E-state index contributed by atoms with van der Waals surface area (Å²) in [4.78, 5) is 10.6. The monoisotopic (exact) mass is 166 g/mol. The molecule has 0 aromatic rings. The van der Waals surface area contributed by atoms with Crippen molar-refractivity contribution < 1.29 is 4.79 Å². The van der Waals surface area contributed by atoms with Gasteiger partial charge < -0.3 is 0 Å². The number of hydrogen-bond acceptors (Lipinski definition) is 1. The average Bonchev–Trinajstić information content (AvgIpc) is 2.05. The first-order chi connectivity index (χ1) is 5.79. The molecule has 1 saturated carbocycles. The Morgan fingerprint density at radius 3 is 2.58 bits per heavy atom. The molecule has 1 aliphatic rings. The van der Waals surface area contributed by atoms with E-state index in [1.807, 2.05) is 6.08 Å². The van der Waals surface area contributed by atoms with E-state index in [1.165, 1.54) is 32.1 Å². The first-order valence-corrected chi connectivity index (χ1v) is 4.96. The third-order valence-electron chi connectivity index (χ3n) is 2.55. The van der Waals surface area contributed by atoms with E-state index in [4.69, 9.17) is 0 Å². The van der Waals surface area contributed by atoms with Crippen molar-refractivity contribution in [1.82, 2.24) is 0 Å². The Kier molecular flexibility index (Phi) is 4.06. The van der Waals surface area contributed by atoms with E-state index < -0.39 is 0 Å². The van der Waals surface area contributed by atoms with Crippen LogP contribution in [0.25, 0.3) is 0 Å². The van der Waals surface area contributed by atoms with Gasteiger partial charge in [0.05, 0.1) is 0 Å². The highest BCUT2D eigenvalue weighted by Crippen LogP contribution is 2.26. The molecule has 0 aliphatic heterocycles. The quantitative estimate of drug-likeness (QED) is 0.589. The molecule has 1 nitrogen and oxygen atoms in total. The van der Waals surface area contributed by atoms with Crippen LogP contribution in [0.2, 0.25) is 0 Å². The van der Waals surface area contributed by atoms with E-state index in [1.54, 1.807) is 13.0 Å². The highest BCUT2D eigenvalue weighted by Gasteiger charge is 2.10. The van der Waals surface area contributed by atoms with Crippen molar-refractivity contribution in [3.05, 3.63) is 12.2 Å². The Hall–Kier alpha value is -0.590. The summed E-state index contributed by atoms with van der Waals surface area (Å²) < 4.78 is 0. The molecule has 12 heavy (non-hydrogen) atoms. The number of hydrogen-bond donors (Lipinski definition) is 0. The number of ketones is 1. The molecule has 0 bridgehead atoms. The van der Waals surface area contributed by atoms with Crippen LogP contribution in [0.15, 0.2) is 12.2 Å². The number of carbonyl (C=O) groups excluding carboxylic acids is 1. The lowest BCUT2D eigenvalue weighted by atomic mass is 9.87. The lowest BCUT2D eigenvalue weighted by Crippen LogP contribution is -2.04. The fourth-order valence-electron chi connectivity index (χ4n) is 1.85. The van der Waals surface area contributed by atoms with Crippen molar-refractivity contribution >= 4 is 5.78 Å². The maximum atomic E-state index is 10.6.